The number of carboxylic acid groups (broad SMARTS) is 1. The van der Waals surface area contributed by atoms with Gasteiger partial charge in [0.2, 0.25) is 5.91 Å². The minimum atomic E-state index is -1.08. The fourth-order valence-electron chi connectivity index (χ4n) is 2.06. The molecule has 0 spiro atoms. The van der Waals surface area contributed by atoms with Gasteiger partial charge in [-0.1, -0.05) is 18.6 Å². The van der Waals surface area contributed by atoms with E-state index in [1.807, 2.05) is 4.90 Å². The molecule has 0 saturated carbocycles. The number of likely N-dealkylation sites (tertiary alicyclic amines) is 1. The smallest absolute Gasteiger partial charge is 0.358 e. The summed E-state index contributed by atoms with van der Waals surface area (Å²) in [6.45, 7) is 4.54. The Kier molecular flexibility index (Phi) is 4.67. The van der Waals surface area contributed by atoms with E-state index >= 15 is 0 Å². The van der Waals surface area contributed by atoms with Crippen LogP contribution in [0.25, 0.3) is 0 Å². The third-order valence-corrected chi connectivity index (χ3v) is 3.26. The summed E-state index contributed by atoms with van der Waals surface area (Å²) in [5, 5.41) is 19.0. The van der Waals surface area contributed by atoms with Crippen molar-refractivity contribution in [2.75, 3.05) is 26.2 Å². The molecule has 8 heteroatoms. The maximum Gasteiger partial charge on any atom is 0.358 e. The van der Waals surface area contributed by atoms with E-state index in [9.17, 15) is 9.59 Å². The lowest BCUT2D eigenvalue weighted by Crippen LogP contribution is -2.51. The number of hydrogen-bond acceptors (Lipinski definition) is 5. The molecule has 2 N–H and O–H groups in total. The van der Waals surface area contributed by atoms with Crippen LogP contribution >= 0.6 is 0 Å². The predicted octanol–water partition coefficient (Wildman–Crippen LogP) is -0.251. The lowest BCUT2D eigenvalue weighted by molar-refractivity contribution is -0.123. The molecule has 0 bridgehead atoms. The number of unbranched alkanes of at least 4 members (excludes halogenated alkanes) is 1. The van der Waals surface area contributed by atoms with Crippen LogP contribution in [0, 0.1) is 0 Å². The SMILES string of the molecule is CCCCNC(=O)CN1CC(n2cc(C(=O)O)nn2)C1. The summed E-state index contributed by atoms with van der Waals surface area (Å²) in [4.78, 5) is 24.3. The lowest BCUT2D eigenvalue weighted by Gasteiger charge is -2.38. The van der Waals surface area contributed by atoms with Crippen molar-refractivity contribution in [1.82, 2.24) is 25.2 Å². The molecule has 1 aromatic rings. The second-order valence-electron chi connectivity index (χ2n) is 4.94. The Morgan fingerprint density at radius 1 is 1.50 bits per heavy atom. The Labute approximate surface area is 116 Å². The fourth-order valence-corrected chi connectivity index (χ4v) is 2.06. The molecule has 8 nitrogen and oxygen atoms in total. The van der Waals surface area contributed by atoms with Crippen LogP contribution in [0.1, 0.15) is 36.3 Å². The number of nitrogens with zero attached hydrogens (tertiary/aromatic N) is 4. The molecule has 1 aliphatic rings. The van der Waals surface area contributed by atoms with E-state index in [2.05, 4.69) is 22.6 Å². The Hall–Kier alpha value is -1.96. The molecule has 1 aliphatic heterocycles. The van der Waals surface area contributed by atoms with Crippen molar-refractivity contribution in [3.05, 3.63) is 11.9 Å². The number of carbonyl (C=O) groups is 2. The molecule has 2 heterocycles. The van der Waals surface area contributed by atoms with Crippen molar-refractivity contribution in [1.29, 1.82) is 0 Å². The number of aromatic carboxylic acids is 1. The summed E-state index contributed by atoms with van der Waals surface area (Å²) in [5.74, 6) is -1.05. The van der Waals surface area contributed by atoms with Crippen LogP contribution in [-0.4, -0.2) is 63.1 Å². The van der Waals surface area contributed by atoms with Crippen LogP contribution < -0.4 is 5.32 Å². The van der Waals surface area contributed by atoms with Gasteiger partial charge in [0, 0.05) is 19.6 Å². The van der Waals surface area contributed by atoms with Gasteiger partial charge >= 0.3 is 5.97 Å². The molecule has 0 atom stereocenters. The number of nitrogens with one attached hydrogen (secondary N) is 1. The van der Waals surface area contributed by atoms with Crippen LogP contribution in [0.2, 0.25) is 0 Å². The first-order chi connectivity index (χ1) is 9.60. The molecule has 0 unspecified atom stereocenters. The number of carboxylic acids is 1. The molecule has 1 saturated heterocycles. The number of amides is 1. The first-order valence-corrected chi connectivity index (χ1v) is 6.74. The molecule has 0 aromatic carbocycles. The summed E-state index contributed by atoms with van der Waals surface area (Å²) in [6.07, 6.45) is 3.47. The van der Waals surface area contributed by atoms with Crippen molar-refractivity contribution < 1.29 is 14.7 Å². The van der Waals surface area contributed by atoms with Crippen LogP contribution in [-0.2, 0) is 4.79 Å². The van der Waals surface area contributed by atoms with Crippen LogP contribution in [0.15, 0.2) is 6.20 Å². The minimum absolute atomic E-state index is 0.0294. The highest BCUT2D eigenvalue weighted by atomic mass is 16.4. The average Bonchev–Trinajstić information content (AvgIpc) is 2.83. The van der Waals surface area contributed by atoms with E-state index < -0.39 is 5.97 Å². The van der Waals surface area contributed by atoms with Gasteiger partial charge in [0.1, 0.15) is 0 Å². The Morgan fingerprint density at radius 2 is 2.25 bits per heavy atom. The second kappa shape index (κ2) is 6.47. The predicted molar refractivity (Wildman–Crippen MR) is 70.4 cm³/mol. The fraction of sp³-hybridized carbons (Fsp3) is 0.667. The van der Waals surface area contributed by atoms with E-state index in [0.29, 0.717) is 19.6 Å². The zero-order chi connectivity index (χ0) is 14.5. The maximum absolute atomic E-state index is 11.6. The van der Waals surface area contributed by atoms with E-state index in [1.54, 1.807) is 4.68 Å². The van der Waals surface area contributed by atoms with Gasteiger partial charge in [0.15, 0.2) is 5.69 Å². The summed E-state index contributed by atoms with van der Waals surface area (Å²) in [5.41, 5.74) is -0.0549. The first kappa shape index (κ1) is 14.4. The van der Waals surface area contributed by atoms with E-state index in [1.165, 1.54) is 6.20 Å². The van der Waals surface area contributed by atoms with Gasteiger partial charge in [-0.25, -0.2) is 9.48 Å². The zero-order valence-corrected chi connectivity index (χ0v) is 11.4. The Morgan fingerprint density at radius 3 is 2.85 bits per heavy atom. The average molecular weight is 281 g/mol. The van der Waals surface area contributed by atoms with Crippen molar-refractivity contribution in [3.8, 4) is 0 Å². The van der Waals surface area contributed by atoms with Gasteiger partial charge in [-0.2, -0.15) is 0 Å². The number of rotatable bonds is 7. The molecule has 1 fully saturated rings. The van der Waals surface area contributed by atoms with Gasteiger partial charge in [0.25, 0.3) is 0 Å². The summed E-state index contributed by atoms with van der Waals surface area (Å²) < 4.78 is 1.55. The van der Waals surface area contributed by atoms with Gasteiger partial charge in [-0.3, -0.25) is 9.69 Å². The topological polar surface area (TPSA) is 100 Å². The Bertz CT molecular complexity index is 481. The van der Waals surface area contributed by atoms with Gasteiger partial charge in [-0.15, -0.1) is 5.10 Å². The standard InChI is InChI=1S/C12H19N5O3/c1-2-3-4-13-11(18)8-16-5-9(6-16)17-7-10(12(19)20)14-15-17/h7,9H,2-6,8H2,1H3,(H,13,18)(H,19,20). The first-order valence-electron chi connectivity index (χ1n) is 6.74. The molecule has 0 aliphatic carbocycles. The molecule has 0 radical (unpaired) electrons. The maximum atomic E-state index is 11.6. The third kappa shape index (κ3) is 3.53. The van der Waals surface area contributed by atoms with E-state index in [4.69, 9.17) is 5.11 Å². The quantitative estimate of drug-likeness (QED) is 0.668. The summed E-state index contributed by atoms with van der Waals surface area (Å²) in [6, 6.07) is 0.0963. The van der Waals surface area contributed by atoms with Crippen LogP contribution in [0.3, 0.4) is 0 Å². The summed E-state index contributed by atoms with van der Waals surface area (Å²) in [7, 11) is 0. The number of hydrogen-bond donors (Lipinski definition) is 2. The highest BCUT2D eigenvalue weighted by Crippen LogP contribution is 2.19. The molecular weight excluding hydrogens is 262 g/mol. The highest BCUT2D eigenvalue weighted by molar-refractivity contribution is 5.84. The molecular formula is C12H19N5O3. The summed E-state index contributed by atoms with van der Waals surface area (Å²) >= 11 is 0. The minimum Gasteiger partial charge on any atom is -0.476 e. The van der Waals surface area contributed by atoms with Crippen molar-refractivity contribution in [2.45, 2.75) is 25.8 Å². The Balaban J connectivity index is 1.71. The third-order valence-electron chi connectivity index (χ3n) is 3.26. The monoisotopic (exact) mass is 281 g/mol. The molecule has 20 heavy (non-hydrogen) atoms. The highest BCUT2D eigenvalue weighted by Gasteiger charge is 2.30. The molecule has 2 rings (SSSR count). The second-order valence-corrected chi connectivity index (χ2v) is 4.94. The number of aromatic nitrogens is 3. The van der Waals surface area contributed by atoms with Crippen molar-refractivity contribution >= 4 is 11.9 Å². The molecule has 110 valence electrons. The molecule has 1 aromatic heterocycles. The van der Waals surface area contributed by atoms with E-state index in [-0.39, 0.29) is 17.6 Å². The lowest BCUT2D eigenvalue weighted by atomic mass is 10.1. The van der Waals surface area contributed by atoms with Gasteiger partial charge in [0.05, 0.1) is 18.8 Å². The van der Waals surface area contributed by atoms with Gasteiger partial charge in [-0.05, 0) is 6.42 Å². The van der Waals surface area contributed by atoms with Crippen molar-refractivity contribution in [3.63, 3.8) is 0 Å². The van der Waals surface area contributed by atoms with Crippen LogP contribution in [0.4, 0.5) is 0 Å². The number of carbonyl (C=O) groups excluding carboxylic acids is 1. The normalized spacial score (nSPS) is 15.8. The zero-order valence-electron chi connectivity index (χ0n) is 11.4. The van der Waals surface area contributed by atoms with Crippen molar-refractivity contribution in [2.24, 2.45) is 0 Å². The van der Waals surface area contributed by atoms with Crippen LogP contribution in [0.5, 0.6) is 0 Å². The van der Waals surface area contributed by atoms with Gasteiger partial charge < -0.3 is 10.4 Å². The molecule has 1 amide bonds. The largest absolute Gasteiger partial charge is 0.476 e. The van der Waals surface area contributed by atoms with E-state index in [0.717, 1.165) is 19.4 Å².